The van der Waals surface area contributed by atoms with E-state index in [2.05, 4.69) is 0 Å². The van der Waals surface area contributed by atoms with E-state index in [4.69, 9.17) is 0 Å². The maximum atomic E-state index is 0. The topological polar surface area (TPSA) is 0 Å². The molecule has 0 aliphatic heterocycles. The van der Waals surface area contributed by atoms with Gasteiger partial charge in [0.1, 0.15) is 0 Å². The van der Waals surface area contributed by atoms with E-state index in [1.807, 2.05) is 0 Å². The Hall–Kier alpha value is 4.46. The molecule has 0 aliphatic rings. The second-order valence-electron chi connectivity index (χ2n) is 0. The van der Waals surface area contributed by atoms with Gasteiger partial charge in [0.2, 0.25) is 0 Å². The van der Waals surface area contributed by atoms with Gasteiger partial charge >= 0.3 is 0 Å². The Kier molecular flexibility index (Phi) is 3610. The van der Waals surface area contributed by atoms with Gasteiger partial charge in [0.25, 0.3) is 0 Å². The minimum atomic E-state index is 0. The summed E-state index contributed by atoms with van der Waals surface area (Å²) in [6.45, 7) is 0. The van der Waals surface area contributed by atoms with Crippen molar-refractivity contribution in [3.05, 3.63) is 0 Å². The van der Waals surface area contributed by atoms with Gasteiger partial charge in [0.15, 0.2) is 0 Å². The van der Waals surface area contributed by atoms with Gasteiger partial charge in [-0.05, 0) is 0 Å². The molecule has 0 unspecified atom stereocenters. The molecule has 99 valence electrons. The summed E-state index contributed by atoms with van der Waals surface area (Å²) in [6, 6.07) is 0. The summed E-state index contributed by atoms with van der Waals surface area (Å²) in [4.78, 5) is 0. The van der Waals surface area contributed by atoms with Crippen molar-refractivity contribution in [2.24, 2.45) is 0 Å². The fourth-order valence-electron chi connectivity index (χ4n) is 0. The van der Waals surface area contributed by atoms with E-state index < -0.39 is 0 Å². The maximum absolute atomic E-state index is 0. The van der Waals surface area contributed by atoms with Crippen molar-refractivity contribution in [2.45, 2.75) is 0 Å². The van der Waals surface area contributed by atoms with Crippen LogP contribution >= 0.6 is 0 Å². The van der Waals surface area contributed by atoms with Gasteiger partial charge in [0, 0.05) is 39.6 Å². The van der Waals surface area contributed by atoms with Crippen LogP contribution in [0.3, 0.4) is 0 Å². The van der Waals surface area contributed by atoms with Crippen molar-refractivity contribution in [3.63, 3.8) is 0 Å². The standard InChI is InChI=1S/11ClH.Mo.V/h11*1H;;/p-11. The molecular formula is Cl11MoV-11. The Labute approximate surface area is 173 Å². The monoisotopic (exact) mass is 534 g/mol. The molecule has 0 nitrogen and oxygen atoms in total. The number of rotatable bonds is 0. The molecule has 0 atom stereocenters. The third-order valence-electron chi connectivity index (χ3n) is 0. The first-order valence-corrected chi connectivity index (χ1v) is 0. The Morgan fingerprint density at radius 3 is 0.231 bits per heavy atom. The van der Waals surface area contributed by atoms with Gasteiger partial charge in [-0.15, -0.1) is 0 Å². The van der Waals surface area contributed by atoms with Gasteiger partial charge in [-0.1, -0.05) is 0 Å². The number of halogens is 11. The zero-order valence-electron chi connectivity index (χ0n) is 5.01. The van der Waals surface area contributed by atoms with Gasteiger partial charge in [-0.2, -0.15) is 0 Å². The molecule has 0 N–H and O–H groups in total. The molecule has 0 aromatic rings. The van der Waals surface area contributed by atoms with Gasteiger partial charge in [-0.3, -0.25) is 0 Å². The summed E-state index contributed by atoms with van der Waals surface area (Å²) in [5, 5.41) is 0. The van der Waals surface area contributed by atoms with E-state index >= 15 is 0 Å². The molecule has 0 fully saturated rings. The molecule has 0 aliphatic carbocycles. The molecule has 0 aromatic carbocycles. The van der Waals surface area contributed by atoms with Gasteiger partial charge in [-0.25, -0.2) is 0 Å². The summed E-state index contributed by atoms with van der Waals surface area (Å²) >= 11 is 0. The minimum absolute atomic E-state index is 0. The Morgan fingerprint density at radius 1 is 0.231 bits per heavy atom. The smallest absolute Gasteiger partial charge is 0 e. The zero-order valence-corrected chi connectivity index (χ0v) is 16.7. The molecule has 0 heterocycles. The average molecular weight is 537 g/mol. The average Bonchev–Trinajstić information content (AvgIpc) is 0. The van der Waals surface area contributed by atoms with E-state index in [0.717, 1.165) is 0 Å². The van der Waals surface area contributed by atoms with Crippen molar-refractivity contribution in [1.29, 1.82) is 0 Å². The largest absolute Gasteiger partial charge is 1.00 e. The van der Waals surface area contributed by atoms with Crippen LogP contribution in [0.25, 0.3) is 0 Å². The van der Waals surface area contributed by atoms with Crippen LogP contribution in [0, 0.1) is 0 Å². The Bertz CT molecular complexity index is 10.1. The van der Waals surface area contributed by atoms with E-state index in [1.54, 1.807) is 0 Å². The van der Waals surface area contributed by atoms with Crippen molar-refractivity contribution in [2.75, 3.05) is 0 Å². The van der Waals surface area contributed by atoms with Crippen LogP contribution in [-0.4, -0.2) is 0 Å². The minimum Gasteiger partial charge on any atom is -1.00 e. The van der Waals surface area contributed by atoms with E-state index in [9.17, 15) is 0 Å². The first-order chi connectivity index (χ1) is 0. The molecule has 1 radical (unpaired) electrons. The third-order valence-corrected chi connectivity index (χ3v) is 0. The molecular weight excluding hydrogens is 537 g/mol. The molecule has 0 saturated heterocycles. The second-order valence-corrected chi connectivity index (χ2v) is 0. The summed E-state index contributed by atoms with van der Waals surface area (Å²) in [5.41, 5.74) is 0. The quantitative estimate of drug-likeness (QED) is 0.270. The number of hydrogen-bond acceptors (Lipinski definition) is 0. The molecule has 13 heteroatoms. The van der Waals surface area contributed by atoms with E-state index in [0.29, 0.717) is 0 Å². The van der Waals surface area contributed by atoms with Gasteiger partial charge < -0.3 is 136 Å². The van der Waals surface area contributed by atoms with Crippen LogP contribution < -0.4 is 136 Å². The first-order valence-electron chi connectivity index (χ1n) is 0. The number of hydrogen-bond donors (Lipinski definition) is 0. The summed E-state index contributed by atoms with van der Waals surface area (Å²) in [6.07, 6.45) is 0. The third kappa shape index (κ3) is 173. The predicted octanol–water partition coefficient (Wildman–Crippen LogP) is -33.0. The van der Waals surface area contributed by atoms with Crippen LogP contribution in [0.1, 0.15) is 0 Å². The maximum Gasteiger partial charge on any atom is 0 e. The van der Waals surface area contributed by atoms with Crippen LogP contribution in [0.2, 0.25) is 0 Å². The Balaban J connectivity index is 0. The molecule has 0 amide bonds. The van der Waals surface area contributed by atoms with Crippen molar-refractivity contribution >= 4 is 0 Å². The first kappa shape index (κ1) is 238. The van der Waals surface area contributed by atoms with Crippen LogP contribution in [0.5, 0.6) is 0 Å². The summed E-state index contributed by atoms with van der Waals surface area (Å²) in [5.74, 6) is 0. The second kappa shape index (κ2) is 198. The molecule has 0 aromatic heterocycles. The van der Waals surface area contributed by atoms with Crippen LogP contribution in [0.4, 0.5) is 0 Å². The van der Waals surface area contributed by atoms with Crippen molar-refractivity contribution < 1.29 is 176 Å². The Morgan fingerprint density at radius 2 is 0.231 bits per heavy atom. The van der Waals surface area contributed by atoms with Crippen molar-refractivity contribution in [3.8, 4) is 0 Å². The van der Waals surface area contributed by atoms with Crippen LogP contribution in [0.15, 0.2) is 0 Å². The molecule has 0 spiro atoms. The van der Waals surface area contributed by atoms with Crippen LogP contribution in [-0.2, 0) is 39.6 Å². The fraction of sp³-hybridized carbons (Fsp3) is 0. The molecule has 0 rings (SSSR count). The normalized spacial score (nSPS) is 0. The fourth-order valence-corrected chi connectivity index (χ4v) is 0. The zero-order chi connectivity index (χ0) is 0. The molecule has 13 heavy (non-hydrogen) atoms. The van der Waals surface area contributed by atoms with E-state index in [-0.39, 0.29) is 176 Å². The summed E-state index contributed by atoms with van der Waals surface area (Å²) in [7, 11) is 0. The SMILES string of the molecule is [Cl-].[Cl-].[Cl-].[Cl-].[Cl-].[Cl-].[Cl-].[Cl-].[Cl-].[Cl-].[Cl-].[Mo].[V]. The summed E-state index contributed by atoms with van der Waals surface area (Å²) < 4.78 is 0. The predicted molar refractivity (Wildman–Crippen MR) is 0 cm³/mol. The van der Waals surface area contributed by atoms with Crippen molar-refractivity contribution in [1.82, 2.24) is 0 Å². The van der Waals surface area contributed by atoms with Gasteiger partial charge in [0.05, 0.1) is 0 Å². The van der Waals surface area contributed by atoms with E-state index in [1.165, 1.54) is 0 Å². The molecule has 0 saturated carbocycles. The molecule has 0 bridgehead atoms.